The molecule has 58 valence electrons. The predicted molar refractivity (Wildman–Crippen MR) is 43.4 cm³/mol. The van der Waals surface area contributed by atoms with Crippen molar-refractivity contribution >= 4 is 0 Å². The van der Waals surface area contributed by atoms with Gasteiger partial charge in [0.25, 0.3) is 0 Å². The largest absolute Gasteiger partial charge is 0.399 e. The van der Waals surface area contributed by atoms with Crippen LogP contribution < -0.4 is 5.73 Å². The molecule has 0 aromatic rings. The minimum atomic E-state index is -0.748. The molecule has 0 aromatic carbocycles. The molecule has 0 heterocycles. The maximum atomic E-state index is 9.39. The van der Waals surface area contributed by atoms with Crippen LogP contribution in [0.2, 0.25) is 0 Å². The topological polar surface area (TPSA) is 46.2 Å². The zero-order valence-corrected chi connectivity index (χ0v) is 6.59. The summed E-state index contributed by atoms with van der Waals surface area (Å²) in [7, 11) is 0. The SMILES string of the molecule is C=C(N)/C=C\C(C)(O)CC. The second kappa shape index (κ2) is 3.42. The van der Waals surface area contributed by atoms with Crippen LogP contribution in [-0.4, -0.2) is 10.7 Å². The highest BCUT2D eigenvalue weighted by Gasteiger charge is 2.11. The van der Waals surface area contributed by atoms with Crippen molar-refractivity contribution in [1.82, 2.24) is 0 Å². The highest BCUT2D eigenvalue weighted by atomic mass is 16.3. The van der Waals surface area contributed by atoms with Crippen molar-refractivity contribution in [3.63, 3.8) is 0 Å². The maximum Gasteiger partial charge on any atom is 0.0800 e. The zero-order chi connectivity index (χ0) is 8.20. The predicted octanol–water partition coefficient (Wildman–Crippen LogP) is 1.18. The second-order valence-electron chi connectivity index (χ2n) is 2.62. The van der Waals surface area contributed by atoms with E-state index in [1.54, 1.807) is 19.1 Å². The Labute approximate surface area is 62.0 Å². The van der Waals surface area contributed by atoms with Gasteiger partial charge in [-0.15, -0.1) is 0 Å². The molecule has 1 unspecified atom stereocenters. The number of aliphatic hydroxyl groups is 1. The van der Waals surface area contributed by atoms with Gasteiger partial charge in [0, 0.05) is 5.70 Å². The fourth-order valence-electron chi connectivity index (χ4n) is 0.404. The van der Waals surface area contributed by atoms with Gasteiger partial charge in [0.1, 0.15) is 0 Å². The van der Waals surface area contributed by atoms with Crippen molar-refractivity contribution in [3.8, 4) is 0 Å². The van der Waals surface area contributed by atoms with Crippen molar-refractivity contribution in [2.24, 2.45) is 5.73 Å². The highest BCUT2D eigenvalue weighted by Crippen LogP contribution is 2.09. The molecule has 0 saturated carbocycles. The maximum absolute atomic E-state index is 9.39. The third-order valence-corrected chi connectivity index (χ3v) is 1.37. The monoisotopic (exact) mass is 141 g/mol. The van der Waals surface area contributed by atoms with E-state index in [4.69, 9.17) is 5.73 Å². The molecule has 0 radical (unpaired) electrons. The minimum Gasteiger partial charge on any atom is -0.399 e. The van der Waals surface area contributed by atoms with Crippen LogP contribution in [0.4, 0.5) is 0 Å². The van der Waals surface area contributed by atoms with Gasteiger partial charge in [0.15, 0.2) is 0 Å². The number of nitrogens with two attached hydrogens (primary N) is 1. The molecule has 0 rings (SSSR count). The summed E-state index contributed by atoms with van der Waals surface area (Å²) in [6, 6.07) is 0. The fourth-order valence-corrected chi connectivity index (χ4v) is 0.404. The Balaban J connectivity index is 3.99. The summed E-state index contributed by atoms with van der Waals surface area (Å²) in [6.07, 6.45) is 3.94. The minimum absolute atomic E-state index is 0.466. The first-order valence-corrected chi connectivity index (χ1v) is 3.34. The van der Waals surface area contributed by atoms with Gasteiger partial charge >= 0.3 is 0 Å². The number of rotatable bonds is 3. The molecule has 0 bridgehead atoms. The van der Waals surface area contributed by atoms with E-state index < -0.39 is 5.60 Å². The molecular formula is C8H15NO. The van der Waals surface area contributed by atoms with Crippen LogP contribution in [0.1, 0.15) is 20.3 Å². The first-order valence-electron chi connectivity index (χ1n) is 3.34. The van der Waals surface area contributed by atoms with E-state index in [-0.39, 0.29) is 0 Å². The quantitative estimate of drug-likeness (QED) is 0.580. The molecule has 2 nitrogen and oxygen atoms in total. The summed E-state index contributed by atoms with van der Waals surface area (Å²) in [4.78, 5) is 0. The molecule has 3 N–H and O–H groups in total. The number of allylic oxidation sites excluding steroid dienone is 1. The standard InChI is InChI=1S/C8H15NO/c1-4-8(3,10)6-5-7(2)9/h5-6,10H,2,4,9H2,1,3H3/b6-5-. The van der Waals surface area contributed by atoms with E-state index in [1.165, 1.54) is 0 Å². The van der Waals surface area contributed by atoms with Gasteiger partial charge in [-0.3, -0.25) is 0 Å². The van der Waals surface area contributed by atoms with E-state index in [1.807, 2.05) is 6.92 Å². The highest BCUT2D eigenvalue weighted by molar-refractivity contribution is 5.13. The molecular weight excluding hydrogens is 126 g/mol. The van der Waals surface area contributed by atoms with Gasteiger partial charge in [0.05, 0.1) is 5.60 Å². The third-order valence-electron chi connectivity index (χ3n) is 1.37. The van der Waals surface area contributed by atoms with Crippen molar-refractivity contribution < 1.29 is 5.11 Å². The summed E-state index contributed by atoms with van der Waals surface area (Å²) < 4.78 is 0. The molecule has 0 amide bonds. The normalized spacial score (nSPS) is 17.1. The number of hydrogen-bond donors (Lipinski definition) is 2. The van der Waals surface area contributed by atoms with Crippen LogP contribution in [0.25, 0.3) is 0 Å². The zero-order valence-electron chi connectivity index (χ0n) is 6.59. The van der Waals surface area contributed by atoms with Gasteiger partial charge < -0.3 is 10.8 Å². The Kier molecular flexibility index (Phi) is 3.16. The lowest BCUT2D eigenvalue weighted by Crippen LogP contribution is -2.18. The van der Waals surface area contributed by atoms with Crippen LogP contribution in [0.5, 0.6) is 0 Å². The van der Waals surface area contributed by atoms with E-state index in [2.05, 4.69) is 6.58 Å². The van der Waals surface area contributed by atoms with E-state index >= 15 is 0 Å². The van der Waals surface area contributed by atoms with E-state index in [0.29, 0.717) is 12.1 Å². The average molecular weight is 141 g/mol. The first-order chi connectivity index (χ1) is 4.48. The lowest BCUT2D eigenvalue weighted by molar-refractivity contribution is 0.107. The van der Waals surface area contributed by atoms with Crippen molar-refractivity contribution in [3.05, 3.63) is 24.4 Å². The van der Waals surface area contributed by atoms with Crippen LogP contribution >= 0.6 is 0 Å². The van der Waals surface area contributed by atoms with Crippen LogP contribution in [0.15, 0.2) is 24.4 Å². The lowest BCUT2D eigenvalue weighted by atomic mass is 10.0. The van der Waals surface area contributed by atoms with Crippen LogP contribution in [0, 0.1) is 0 Å². The first kappa shape index (κ1) is 9.24. The molecule has 0 aliphatic carbocycles. The van der Waals surface area contributed by atoms with Gasteiger partial charge in [-0.2, -0.15) is 0 Å². The third kappa shape index (κ3) is 4.15. The molecule has 0 fully saturated rings. The Hall–Kier alpha value is -0.760. The van der Waals surface area contributed by atoms with E-state index in [0.717, 1.165) is 0 Å². The molecule has 2 heteroatoms. The van der Waals surface area contributed by atoms with Gasteiger partial charge in [-0.25, -0.2) is 0 Å². The Bertz CT molecular complexity index is 147. The Morgan fingerprint density at radius 2 is 2.30 bits per heavy atom. The van der Waals surface area contributed by atoms with Crippen LogP contribution in [-0.2, 0) is 0 Å². The summed E-state index contributed by atoms with van der Waals surface area (Å²) in [6.45, 7) is 7.11. The summed E-state index contributed by atoms with van der Waals surface area (Å²) in [5.41, 5.74) is 4.98. The summed E-state index contributed by atoms with van der Waals surface area (Å²) in [5, 5.41) is 9.39. The summed E-state index contributed by atoms with van der Waals surface area (Å²) >= 11 is 0. The smallest absolute Gasteiger partial charge is 0.0800 e. The van der Waals surface area contributed by atoms with Crippen molar-refractivity contribution in [1.29, 1.82) is 0 Å². The van der Waals surface area contributed by atoms with Crippen LogP contribution in [0.3, 0.4) is 0 Å². The molecule has 0 aliphatic rings. The van der Waals surface area contributed by atoms with Gasteiger partial charge in [-0.1, -0.05) is 19.6 Å². The molecule has 0 saturated heterocycles. The lowest BCUT2D eigenvalue weighted by Gasteiger charge is -2.15. The summed E-state index contributed by atoms with van der Waals surface area (Å²) in [5.74, 6) is 0. The second-order valence-corrected chi connectivity index (χ2v) is 2.62. The molecule has 1 atom stereocenters. The van der Waals surface area contributed by atoms with Crippen molar-refractivity contribution in [2.45, 2.75) is 25.9 Å². The number of hydrogen-bond acceptors (Lipinski definition) is 2. The molecule has 0 spiro atoms. The van der Waals surface area contributed by atoms with Gasteiger partial charge in [0.2, 0.25) is 0 Å². The van der Waals surface area contributed by atoms with Gasteiger partial charge in [-0.05, 0) is 19.4 Å². The molecule has 10 heavy (non-hydrogen) atoms. The van der Waals surface area contributed by atoms with Crippen molar-refractivity contribution in [2.75, 3.05) is 0 Å². The molecule has 0 aliphatic heterocycles. The fraction of sp³-hybridized carbons (Fsp3) is 0.500. The Morgan fingerprint density at radius 3 is 2.60 bits per heavy atom. The average Bonchev–Trinajstić information content (AvgIpc) is 1.85. The molecule has 0 aromatic heterocycles. The Morgan fingerprint density at radius 1 is 1.80 bits per heavy atom. The van der Waals surface area contributed by atoms with E-state index in [9.17, 15) is 5.11 Å².